The van der Waals surface area contributed by atoms with E-state index in [2.05, 4.69) is 11.9 Å². The lowest BCUT2D eigenvalue weighted by Gasteiger charge is -2.25. The van der Waals surface area contributed by atoms with Crippen LogP contribution in [-0.4, -0.2) is 23.0 Å². The number of carbonyl (C=O) groups is 2. The number of carbonyl (C=O) groups excluding carboxylic acids is 1. The smallest absolute Gasteiger partial charge is 0.305 e. The van der Waals surface area contributed by atoms with E-state index in [1.807, 2.05) is 48.5 Å². The minimum absolute atomic E-state index is 0.261. The fourth-order valence-electron chi connectivity index (χ4n) is 2.91. The Hall–Kier alpha value is -3.08. The van der Waals surface area contributed by atoms with E-state index in [0.29, 0.717) is 6.54 Å². The number of amides is 1. The van der Waals surface area contributed by atoms with Crippen molar-refractivity contribution in [1.82, 2.24) is 0 Å². The molecule has 24 heavy (non-hydrogen) atoms. The first kappa shape index (κ1) is 15.8. The Morgan fingerprint density at radius 3 is 2.71 bits per heavy atom. The molecule has 0 aromatic heterocycles. The van der Waals surface area contributed by atoms with Gasteiger partial charge in [-0.2, -0.15) is 0 Å². The number of hydrogen-bond donors (Lipinski definition) is 2. The van der Waals surface area contributed by atoms with Crippen LogP contribution >= 0.6 is 0 Å². The van der Waals surface area contributed by atoms with Crippen molar-refractivity contribution in [3.05, 3.63) is 66.2 Å². The monoisotopic (exact) mass is 322 g/mol. The molecule has 122 valence electrons. The second-order valence-corrected chi connectivity index (χ2v) is 5.64. The number of aliphatic carboxylic acids is 1. The summed E-state index contributed by atoms with van der Waals surface area (Å²) < 4.78 is 0. The van der Waals surface area contributed by atoms with Crippen LogP contribution in [-0.2, 0) is 16.1 Å². The number of fused-ring (bicyclic) bond motifs is 1. The molecule has 0 fully saturated rings. The maximum Gasteiger partial charge on any atom is 0.305 e. The molecule has 1 unspecified atom stereocenters. The highest BCUT2D eigenvalue weighted by Gasteiger charge is 2.32. The van der Waals surface area contributed by atoms with Crippen LogP contribution in [0.4, 0.5) is 11.4 Å². The molecule has 1 aliphatic rings. The molecule has 5 heteroatoms. The summed E-state index contributed by atoms with van der Waals surface area (Å²) in [5.41, 5.74) is 3.29. The quantitative estimate of drug-likeness (QED) is 0.907. The third-order valence-electron chi connectivity index (χ3n) is 4.07. The zero-order valence-corrected chi connectivity index (χ0v) is 13.1. The SMILES string of the molecule is C=Cc1ccccc1N1Cc2ccccc2NC(CC(=O)O)C1=O. The van der Waals surface area contributed by atoms with Crippen LogP contribution in [0.25, 0.3) is 6.08 Å². The van der Waals surface area contributed by atoms with Gasteiger partial charge in [0.1, 0.15) is 6.04 Å². The number of carboxylic acid groups (broad SMARTS) is 1. The van der Waals surface area contributed by atoms with Crippen LogP contribution in [0.15, 0.2) is 55.1 Å². The third kappa shape index (κ3) is 3.01. The zero-order chi connectivity index (χ0) is 17.1. The van der Waals surface area contributed by atoms with Gasteiger partial charge in [-0.05, 0) is 23.3 Å². The van der Waals surface area contributed by atoms with E-state index in [1.165, 1.54) is 0 Å². The number of rotatable bonds is 4. The molecule has 3 rings (SSSR count). The Labute approximate surface area is 140 Å². The van der Waals surface area contributed by atoms with Gasteiger partial charge < -0.3 is 15.3 Å². The second-order valence-electron chi connectivity index (χ2n) is 5.64. The average molecular weight is 322 g/mol. The average Bonchev–Trinajstić information content (AvgIpc) is 2.72. The van der Waals surface area contributed by atoms with Crippen molar-refractivity contribution in [1.29, 1.82) is 0 Å². The fourth-order valence-corrected chi connectivity index (χ4v) is 2.91. The zero-order valence-electron chi connectivity index (χ0n) is 13.1. The Morgan fingerprint density at radius 2 is 1.96 bits per heavy atom. The van der Waals surface area contributed by atoms with Crippen molar-refractivity contribution in [2.45, 2.75) is 19.0 Å². The van der Waals surface area contributed by atoms with Gasteiger partial charge in [0.15, 0.2) is 0 Å². The highest BCUT2D eigenvalue weighted by molar-refractivity contribution is 6.02. The number of carboxylic acids is 1. The summed E-state index contributed by atoms with van der Waals surface area (Å²) in [6.07, 6.45) is 1.42. The topological polar surface area (TPSA) is 69.6 Å². The van der Waals surface area contributed by atoms with Gasteiger partial charge in [-0.3, -0.25) is 9.59 Å². The van der Waals surface area contributed by atoms with Crippen LogP contribution in [0.3, 0.4) is 0 Å². The molecule has 1 heterocycles. The third-order valence-corrected chi connectivity index (χ3v) is 4.07. The number of nitrogens with zero attached hydrogens (tertiary/aromatic N) is 1. The molecule has 0 bridgehead atoms. The Kier molecular flexibility index (Phi) is 4.33. The second kappa shape index (κ2) is 6.58. The predicted molar refractivity (Wildman–Crippen MR) is 93.8 cm³/mol. The molecule has 2 aromatic rings. The molecule has 1 aliphatic heterocycles. The van der Waals surface area contributed by atoms with Crippen LogP contribution in [0.2, 0.25) is 0 Å². The van der Waals surface area contributed by atoms with Gasteiger partial charge in [-0.1, -0.05) is 49.1 Å². The van der Waals surface area contributed by atoms with E-state index in [1.54, 1.807) is 11.0 Å². The van der Waals surface area contributed by atoms with E-state index < -0.39 is 12.0 Å². The molecule has 2 N–H and O–H groups in total. The molecule has 0 aliphatic carbocycles. The summed E-state index contributed by atoms with van der Waals surface area (Å²) in [4.78, 5) is 25.8. The largest absolute Gasteiger partial charge is 0.481 e. The summed E-state index contributed by atoms with van der Waals surface area (Å²) in [5.74, 6) is -1.28. The molecule has 1 amide bonds. The van der Waals surface area contributed by atoms with Crippen LogP contribution < -0.4 is 10.2 Å². The Morgan fingerprint density at radius 1 is 1.25 bits per heavy atom. The first-order valence-corrected chi connectivity index (χ1v) is 7.69. The van der Waals surface area contributed by atoms with E-state index in [4.69, 9.17) is 5.11 Å². The van der Waals surface area contributed by atoms with Gasteiger partial charge in [0.2, 0.25) is 5.91 Å². The molecule has 0 spiro atoms. The lowest BCUT2D eigenvalue weighted by molar-refractivity contribution is -0.138. The molecule has 5 nitrogen and oxygen atoms in total. The van der Waals surface area contributed by atoms with Gasteiger partial charge in [0.05, 0.1) is 18.7 Å². The number of anilines is 2. The van der Waals surface area contributed by atoms with Gasteiger partial charge in [-0.25, -0.2) is 0 Å². The number of benzene rings is 2. The van der Waals surface area contributed by atoms with Crippen LogP contribution in [0.1, 0.15) is 17.5 Å². The summed E-state index contributed by atoms with van der Waals surface area (Å²) in [6.45, 7) is 4.18. The van der Waals surface area contributed by atoms with Crippen LogP contribution in [0, 0.1) is 0 Å². The van der Waals surface area contributed by atoms with E-state index in [9.17, 15) is 9.59 Å². The summed E-state index contributed by atoms with van der Waals surface area (Å²) in [5, 5.41) is 12.2. The summed E-state index contributed by atoms with van der Waals surface area (Å²) in [6, 6.07) is 14.2. The summed E-state index contributed by atoms with van der Waals surface area (Å²) >= 11 is 0. The number of hydrogen-bond acceptors (Lipinski definition) is 3. The lowest BCUT2D eigenvalue weighted by Crippen LogP contribution is -2.42. The van der Waals surface area contributed by atoms with E-state index >= 15 is 0 Å². The normalized spacial score (nSPS) is 16.8. The highest BCUT2D eigenvalue weighted by Crippen LogP contribution is 2.30. The fraction of sp³-hybridized carbons (Fsp3) is 0.158. The molecule has 0 saturated heterocycles. The molecular formula is C19H18N2O3. The Balaban J connectivity index is 2.08. The molecular weight excluding hydrogens is 304 g/mol. The lowest BCUT2D eigenvalue weighted by atomic mass is 10.1. The molecule has 2 aromatic carbocycles. The van der Waals surface area contributed by atoms with Crippen molar-refractivity contribution in [3.63, 3.8) is 0 Å². The first-order valence-electron chi connectivity index (χ1n) is 7.69. The molecule has 1 atom stereocenters. The molecule has 0 radical (unpaired) electrons. The van der Waals surface area contributed by atoms with Crippen molar-refractivity contribution >= 4 is 29.3 Å². The van der Waals surface area contributed by atoms with Crippen molar-refractivity contribution in [2.75, 3.05) is 10.2 Å². The Bertz CT molecular complexity index is 801. The molecule has 0 saturated carbocycles. The van der Waals surface area contributed by atoms with Crippen molar-refractivity contribution < 1.29 is 14.7 Å². The maximum absolute atomic E-state index is 13.0. The van der Waals surface area contributed by atoms with Gasteiger partial charge >= 0.3 is 5.97 Å². The summed E-state index contributed by atoms with van der Waals surface area (Å²) in [7, 11) is 0. The minimum Gasteiger partial charge on any atom is -0.481 e. The number of nitrogens with one attached hydrogen (secondary N) is 1. The highest BCUT2D eigenvalue weighted by atomic mass is 16.4. The maximum atomic E-state index is 13.0. The van der Waals surface area contributed by atoms with Crippen molar-refractivity contribution in [2.24, 2.45) is 0 Å². The van der Waals surface area contributed by atoms with Crippen LogP contribution in [0.5, 0.6) is 0 Å². The van der Waals surface area contributed by atoms with E-state index in [0.717, 1.165) is 22.5 Å². The minimum atomic E-state index is -1.02. The predicted octanol–water partition coefficient (Wildman–Crippen LogP) is 3.13. The first-order chi connectivity index (χ1) is 11.6. The van der Waals surface area contributed by atoms with Gasteiger partial charge in [-0.15, -0.1) is 0 Å². The standard InChI is InChI=1S/C19H18N2O3/c1-2-13-7-4-6-10-17(13)21-12-14-8-3-5-9-15(14)20-16(19(21)24)11-18(22)23/h2-10,16,20H,1,11-12H2,(H,22,23). The number of para-hydroxylation sites is 2. The van der Waals surface area contributed by atoms with Gasteiger partial charge in [0, 0.05) is 5.69 Å². The van der Waals surface area contributed by atoms with Gasteiger partial charge in [0.25, 0.3) is 0 Å². The van der Waals surface area contributed by atoms with E-state index in [-0.39, 0.29) is 12.3 Å². The van der Waals surface area contributed by atoms with Crippen molar-refractivity contribution in [3.8, 4) is 0 Å².